The summed E-state index contributed by atoms with van der Waals surface area (Å²) in [5.74, 6) is 2.27. The average Bonchev–Trinajstić information content (AvgIpc) is 3.23. The number of hydrogen-bond acceptors (Lipinski definition) is 6. The Hall–Kier alpha value is -1.70. The van der Waals surface area contributed by atoms with Crippen LogP contribution < -0.4 is 10.1 Å². The van der Waals surface area contributed by atoms with E-state index in [1.807, 2.05) is 0 Å². The number of aliphatic hydroxyl groups is 3. The lowest BCUT2D eigenvalue weighted by Crippen LogP contribution is -2.62. The van der Waals surface area contributed by atoms with Crippen LogP contribution in [0.4, 0.5) is 5.69 Å². The molecule has 1 heterocycles. The number of methoxy groups -OCH3 is 1. The molecular weight excluding hydrogens is 468 g/mol. The summed E-state index contributed by atoms with van der Waals surface area (Å²) < 4.78 is 5.08. The highest BCUT2D eigenvalue weighted by Gasteiger charge is 2.65. The molecule has 37 heavy (non-hydrogen) atoms. The smallest absolute Gasteiger partial charge is 0.224 e. The Kier molecular flexibility index (Phi) is 7.36. The van der Waals surface area contributed by atoms with Crippen LogP contribution in [0.3, 0.4) is 0 Å². The molecule has 4 N–H and O–H groups in total. The van der Waals surface area contributed by atoms with E-state index in [2.05, 4.69) is 31.1 Å². The molecule has 7 nitrogen and oxygen atoms in total. The highest BCUT2D eigenvalue weighted by Crippen LogP contribution is 2.68. The van der Waals surface area contributed by atoms with E-state index < -0.39 is 6.10 Å². The van der Waals surface area contributed by atoms with Gasteiger partial charge < -0.3 is 25.4 Å². The van der Waals surface area contributed by atoms with Gasteiger partial charge in [-0.1, -0.05) is 20.8 Å². The lowest BCUT2D eigenvalue weighted by atomic mass is 9.43. The van der Waals surface area contributed by atoms with Crippen LogP contribution in [0.25, 0.3) is 0 Å². The molecule has 5 rings (SSSR count). The fraction of sp³-hybridized carbons (Fsp3) is 0.800. The Labute approximate surface area is 221 Å². The highest BCUT2D eigenvalue weighted by atomic mass is 16.5. The number of pyridine rings is 1. The van der Waals surface area contributed by atoms with Gasteiger partial charge in [-0.15, -0.1) is 0 Å². The second-order valence-corrected chi connectivity index (χ2v) is 13.2. The summed E-state index contributed by atoms with van der Waals surface area (Å²) in [4.78, 5) is 16.8. The molecule has 11 unspecified atom stereocenters. The van der Waals surface area contributed by atoms with Crippen LogP contribution in [-0.2, 0) is 4.79 Å². The minimum absolute atomic E-state index is 0.0241. The van der Waals surface area contributed by atoms with Crippen molar-refractivity contribution in [3.63, 3.8) is 0 Å². The van der Waals surface area contributed by atoms with Crippen molar-refractivity contribution >= 4 is 11.6 Å². The lowest BCUT2D eigenvalue weighted by molar-refractivity contribution is -0.207. The molecule has 1 aromatic heterocycles. The largest absolute Gasteiger partial charge is 0.481 e. The Balaban J connectivity index is 1.26. The highest BCUT2D eigenvalue weighted by molar-refractivity contribution is 5.90. The molecule has 0 aromatic carbocycles. The van der Waals surface area contributed by atoms with Crippen LogP contribution in [0.2, 0.25) is 0 Å². The van der Waals surface area contributed by atoms with Crippen molar-refractivity contribution in [2.24, 2.45) is 46.3 Å². The van der Waals surface area contributed by atoms with E-state index in [4.69, 9.17) is 4.74 Å². The van der Waals surface area contributed by atoms with Crippen molar-refractivity contribution in [2.75, 3.05) is 12.4 Å². The van der Waals surface area contributed by atoms with Crippen molar-refractivity contribution in [3.05, 3.63) is 18.3 Å². The number of aromatic nitrogens is 1. The van der Waals surface area contributed by atoms with E-state index in [0.717, 1.165) is 51.4 Å². The molecule has 11 atom stereocenters. The second kappa shape index (κ2) is 10.1. The topological polar surface area (TPSA) is 112 Å². The molecule has 0 saturated heterocycles. The van der Waals surface area contributed by atoms with Gasteiger partial charge in [0.25, 0.3) is 0 Å². The van der Waals surface area contributed by atoms with Crippen LogP contribution in [0.15, 0.2) is 18.3 Å². The molecule has 1 aromatic rings. The van der Waals surface area contributed by atoms with E-state index >= 15 is 0 Å². The molecule has 7 heteroatoms. The quantitative estimate of drug-likeness (QED) is 0.448. The molecule has 4 saturated carbocycles. The number of carbonyl (C=O) groups is 1. The van der Waals surface area contributed by atoms with E-state index in [9.17, 15) is 20.1 Å². The number of nitrogens with zero attached hydrogens (tertiary/aromatic N) is 1. The lowest BCUT2D eigenvalue weighted by Gasteiger charge is -2.63. The Morgan fingerprint density at radius 2 is 1.92 bits per heavy atom. The number of amides is 1. The van der Waals surface area contributed by atoms with Crippen LogP contribution in [0, 0.1) is 46.3 Å². The molecule has 4 fully saturated rings. The van der Waals surface area contributed by atoms with E-state index in [1.165, 1.54) is 0 Å². The SMILES string of the molecule is COc1ccc(NC(=O)CCC(C)C2CCC3C4C(O)CC5CC(O)CCC5(C)C4CC(O)C23C)cn1. The predicted octanol–water partition coefficient (Wildman–Crippen LogP) is 4.41. The van der Waals surface area contributed by atoms with Crippen molar-refractivity contribution in [1.82, 2.24) is 4.98 Å². The van der Waals surface area contributed by atoms with Gasteiger partial charge in [0.05, 0.1) is 37.3 Å². The molecule has 206 valence electrons. The maximum atomic E-state index is 12.7. The van der Waals surface area contributed by atoms with Gasteiger partial charge >= 0.3 is 0 Å². The molecule has 0 spiro atoms. The molecule has 4 aliphatic rings. The predicted molar refractivity (Wildman–Crippen MR) is 142 cm³/mol. The zero-order chi connectivity index (χ0) is 26.5. The van der Waals surface area contributed by atoms with Gasteiger partial charge in [-0.2, -0.15) is 0 Å². The maximum absolute atomic E-state index is 12.7. The third-order valence-corrected chi connectivity index (χ3v) is 11.6. The van der Waals surface area contributed by atoms with Crippen LogP contribution in [0.5, 0.6) is 5.88 Å². The fourth-order valence-electron chi connectivity index (χ4n) is 9.49. The third-order valence-electron chi connectivity index (χ3n) is 11.6. The molecular formula is C30H46N2O5. The summed E-state index contributed by atoms with van der Waals surface area (Å²) in [6, 6.07) is 3.52. The van der Waals surface area contributed by atoms with Gasteiger partial charge in [0.1, 0.15) is 0 Å². The van der Waals surface area contributed by atoms with E-state index in [0.29, 0.717) is 47.6 Å². The number of aliphatic hydroxyl groups excluding tert-OH is 3. The van der Waals surface area contributed by atoms with Crippen molar-refractivity contribution in [3.8, 4) is 5.88 Å². The molecule has 0 bridgehead atoms. The fourth-order valence-corrected chi connectivity index (χ4v) is 9.49. The monoisotopic (exact) mass is 514 g/mol. The minimum atomic E-state index is -0.400. The number of rotatable bonds is 6. The first-order chi connectivity index (χ1) is 17.6. The van der Waals surface area contributed by atoms with Gasteiger partial charge in [-0.05, 0) is 104 Å². The summed E-state index contributed by atoms with van der Waals surface area (Å²) in [6.07, 6.45) is 7.98. The molecule has 4 aliphatic carbocycles. The van der Waals surface area contributed by atoms with Crippen LogP contribution in [0.1, 0.15) is 78.6 Å². The standard InChI is InChI=1S/C30H46N2O5/c1-17(5-9-26(36)32-19-6-10-27(37-4)31-16-19)21-7-8-22-28-23(15-25(35)30(21,22)3)29(2)12-11-20(33)13-18(29)14-24(28)34/h6,10,16-18,20-25,28,33-35H,5,7-9,11-15H2,1-4H3,(H,32,36). The molecule has 0 radical (unpaired) electrons. The van der Waals surface area contributed by atoms with Crippen molar-refractivity contribution in [1.29, 1.82) is 0 Å². The first kappa shape index (κ1) is 26.9. The first-order valence-electron chi connectivity index (χ1n) is 14.4. The number of ether oxygens (including phenoxy) is 1. The average molecular weight is 515 g/mol. The van der Waals surface area contributed by atoms with E-state index in [-0.39, 0.29) is 34.9 Å². The zero-order valence-electron chi connectivity index (χ0n) is 22.9. The molecule has 1 amide bonds. The number of hydrogen-bond donors (Lipinski definition) is 4. The number of nitrogens with one attached hydrogen (secondary N) is 1. The second-order valence-electron chi connectivity index (χ2n) is 13.2. The zero-order valence-corrected chi connectivity index (χ0v) is 22.9. The van der Waals surface area contributed by atoms with Crippen LogP contribution in [-0.4, -0.2) is 51.6 Å². The molecule has 0 aliphatic heterocycles. The normalized spacial score (nSPS) is 43.8. The first-order valence-corrected chi connectivity index (χ1v) is 14.4. The number of anilines is 1. The van der Waals surface area contributed by atoms with Gasteiger partial charge in [-0.3, -0.25) is 4.79 Å². The van der Waals surface area contributed by atoms with Gasteiger partial charge in [0.15, 0.2) is 0 Å². The Bertz CT molecular complexity index is 971. The third kappa shape index (κ3) is 4.59. The Morgan fingerprint density at radius 1 is 1.14 bits per heavy atom. The van der Waals surface area contributed by atoms with E-state index in [1.54, 1.807) is 25.4 Å². The number of carbonyl (C=O) groups excluding carboxylic acids is 1. The van der Waals surface area contributed by atoms with Gasteiger partial charge in [0.2, 0.25) is 11.8 Å². The summed E-state index contributed by atoms with van der Waals surface area (Å²) in [5, 5.41) is 36.4. The van der Waals surface area contributed by atoms with Gasteiger partial charge in [-0.25, -0.2) is 4.98 Å². The van der Waals surface area contributed by atoms with Gasteiger partial charge in [0, 0.05) is 12.5 Å². The minimum Gasteiger partial charge on any atom is -0.481 e. The Morgan fingerprint density at radius 3 is 2.62 bits per heavy atom. The summed E-state index contributed by atoms with van der Waals surface area (Å²) in [7, 11) is 1.56. The summed E-state index contributed by atoms with van der Waals surface area (Å²) in [5.41, 5.74) is 0.507. The van der Waals surface area contributed by atoms with Crippen molar-refractivity contribution in [2.45, 2.75) is 96.9 Å². The maximum Gasteiger partial charge on any atom is 0.224 e. The van der Waals surface area contributed by atoms with Crippen LogP contribution >= 0.6 is 0 Å². The number of fused-ring (bicyclic) bond motifs is 5. The van der Waals surface area contributed by atoms with Crippen molar-refractivity contribution < 1.29 is 24.9 Å². The summed E-state index contributed by atoms with van der Waals surface area (Å²) in [6.45, 7) is 6.87. The summed E-state index contributed by atoms with van der Waals surface area (Å²) >= 11 is 0.